The topological polar surface area (TPSA) is 96.4 Å². The van der Waals surface area contributed by atoms with E-state index in [-0.39, 0.29) is 31.6 Å². The fraction of sp³-hybridized carbons (Fsp3) is 0.567. The van der Waals surface area contributed by atoms with Gasteiger partial charge in [0.1, 0.15) is 11.6 Å². The van der Waals surface area contributed by atoms with Crippen molar-refractivity contribution in [2.45, 2.75) is 76.2 Å². The summed E-state index contributed by atoms with van der Waals surface area (Å²) < 4.78 is 12.1. The van der Waals surface area contributed by atoms with Crippen LogP contribution in [-0.4, -0.2) is 71.3 Å². The zero-order valence-electron chi connectivity index (χ0n) is 22.8. The molecule has 4 rings (SSSR count). The number of para-hydroxylation sites is 1. The number of allylic oxidation sites excluding steroid dienone is 1. The third-order valence-corrected chi connectivity index (χ3v) is 8.71. The Morgan fingerprint density at radius 2 is 2.10 bits per heavy atom. The Morgan fingerprint density at radius 3 is 2.74 bits per heavy atom. The van der Waals surface area contributed by atoms with Gasteiger partial charge in [-0.1, -0.05) is 42.8 Å². The van der Waals surface area contributed by atoms with Crippen molar-refractivity contribution in [3.63, 3.8) is 0 Å². The van der Waals surface area contributed by atoms with Crippen LogP contribution in [0.5, 0.6) is 0 Å². The number of carbonyl (C=O) groups excluding carboxylic acids is 3. The van der Waals surface area contributed by atoms with E-state index in [9.17, 15) is 19.5 Å². The molecule has 3 heterocycles. The first-order valence-electron chi connectivity index (χ1n) is 13.8. The second-order valence-electron chi connectivity index (χ2n) is 10.6. The largest absolute Gasteiger partial charge is 0.465 e. The van der Waals surface area contributed by atoms with Crippen LogP contribution in [0.15, 0.2) is 43.5 Å². The molecule has 8 nitrogen and oxygen atoms in total. The molecule has 3 fully saturated rings. The molecular weight excluding hydrogens is 520 g/mol. The van der Waals surface area contributed by atoms with E-state index in [1.807, 2.05) is 32.1 Å². The normalized spacial score (nSPS) is 27.8. The van der Waals surface area contributed by atoms with Crippen LogP contribution < -0.4 is 4.90 Å². The Balaban J connectivity index is 1.73. The van der Waals surface area contributed by atoms with Gasteiger partial charge in [0.05, 0.1) is 47.9 Å². The lowest BCUT2D eigenvalue weighted by Gasteiger charge is -2.39. The number of anilines is 1. The first kappa shape index (κ1) is 29.3. The zero-order valence-corrected chi connectivity index (χ0v) is 23.6. The predicted octanol–water partition coefficient (Wildman–Crippen LogP) is 4.21. The van der Waals surface area contributed by atoms with E-state index in [2.05, 4.69) is 13.2 Å². The van der Waals surface area contributed by atoms with Crippen LogP contribution in [-0.2, 0) is 23.9 Å². The standard InChI is InChI=1S/C30H39ClN2O6/c1-5-8-9-10-17-38-29(37)23-22-14-15-30(39-22)24(23)27(35)33(20(7-3)18-34)26(30)28(36)32(16-6-2)25-19(4)12-11-13-21(25)31/h5-6,11-13,20,22-24,26,34H,1-2,7-10,14-18H2,3-4H3/t20-,22+,23-,24-,26?,30?/m0/s1. The Morgan fingerprint density at radius 1 is 1.33 bits per heavy atom. The van der Waals surface area contributed by atoms with Crippen molar-refractivity contribution < 1.29 is 29.0 Å². The van der Waals surface area contributed by atoms with E-state index in [4.69, 9.17) is 21.1 Å². The molecule has 1 aromatic rings. The number of rotatable bonds is 13. The lowest BCUT2D eigenvalue weighted by molar-refractivity contribution is -0.156. The number of unbranched alkanes of at least 4 members (excludes halogenated alkanes) is 2. The molecule has 0 saturated carbocycles. The third kappa shape index (κ3) is 5.03. The monoisotopic (exact) mass is 558 g/mol. The van der Waals surface area contributed by atoms with Gasteiger partial charge in [0.15, 0.2) is 0 Å². The van der Waals surface area contributed by atoms with Gasteiger partial charge >= 0.3 is 5.97 Å². The zero-order chi connectivity index (χ0) is 28.3. The summed E-state index contributed by atoms with van der Waals surface area (Å²) in [5.41, 5.74) is 0.144. The Labute approximate surface area is 235 Å². The van der Waals surface area contributed by atoms with Crippen molar-refractivity contribution in [2.24, 2.45) is 11.8 Å². The summed E-state index contributed by atoms with van der Waals surface area (Å²) in [6, 6.07) is 3.75. The highest BCUT2D eigenvalue weighted by molar-refractivity contribution is 6.34. The summed E-state index contributed by atoms with van der Waals surface area (Å²) >= 11 is 6.58. The van der Waals surface area contributed by atoms with Crippen LogP contribution in [0.1, 0.15) is 51.0 Å². The number of hydrogen-bond donors (Lipinski definition) is 1. The molecule has 212 valence electrons. The molecule has 3 aliphatic rings. The molecule has 0 aromatic heterocycles. The van der Waals surface area contributed by atoms with Crippen LogP contribution in [0.25, 0.3) is 0 Å². The van der Waals surface area contributed by atoms with E-state index < -0.39 is 41.6 Å². The van der Waals surface area contributed by atoms with Gasteiger partial charge in [-0.3, -0.25) is 14.4 Å². The molecule has 0 aliphatic carbocycles. The number of amides is 2. The van der Waals surface area contributed by atoms with Gasteiger partial charge in [0.2, 0.25) is 5.91 Å². The molecule has 9 heteroatoms. The van der Waals surface area contributed by atoms with Gasteiger partial charge in [0, 0.05) is 6.54 Å². The van der Waals surface area contributed by atoms with Crippen LogP contribution in [0.3, 0.4) is 0 Å². The highest BCUT2D eigenvalue weighted by Crippen LogP contribution is 2.59. The molecule has 6 atom stereocenters. The lowest BCUT2D eigenvalue weighted by atomic mass is 9.70. The molecule has 2 amide bonds. The van der Waals surface area contributed by atoms with Crippen molar-refractivity contribution in [1.29, 1.82) is 0 Å². The van der Waals surface area contributed by atoms with Gasteiger partial charge < -0.3 is 24.4 Å². The van der Waals surface area contributed by atoms with E-state index >= 15 is 0 Å². The van der Waals surface area contributed by atoms with Crippen LogP contribution in [0, 0.1) is 18.8 Å². The smallest absolute Gasteiger partial charge is 0.312 e. The molecule has 39 heavy (non-hydrogen) atoms. The molecule has 1 spiro atoms. The summed E-state index contributed by atoms with van der Waals surface area (Å²) in [6.07, 6.45) is 6.75. The second-order valence-corrected chi connectivity index (χ2v) is 11.0. The number of halogens is 1. The number of esters is 1. The van der Waals surface area contributed by atoms with E-state index in [1.54, 1.807) is 17.0 Å². The average molecular weight is 559 g/mol. The maximum Gasteiger partial charge on any atom is 0.312 e. The first-order chi connectivity index (χ1) is 18.8. The summed E-state index contributed by atoms with van der Waals surface area (Å²) in [7, 11) is 0. The second kappa shape index (κ2) is 12.2. The summed E-state index contributed by atoms with van der Waals surface area (Å²) in [5, 5.41) is 10.6. The fourth-order valence-electron chi connectivity index (χ4n) is 6.64. The minimum atomic E-state index is -1.19. The van der Waals surface area contributed by atoms with Gasteiger partial charge in [-0.2, -0.15) is 0 Å². The first-order valence-corrected chi connectivity index (χ1v) is 14.2. The van der Waals surface area contributed by atoms with Crippen LogP contribution in [0.2, 0.25) is 5.02 Å². The number of aliphatic hydroxyl groups excluding tert-OH is 1. The molecule has 1 N–H and O–H groups in total. The number of aryl methyl sites for hydroxylation is 1. The van der Waals surface area contributed by atoms with Gasteiger partial charge in [0.25, 0.3) is 5.91 Å². The van der Waals surface area contributed by atoms with Crippen molar-refractivity contribution in [3.8, 4) is 0 Å². The number of benzene rings is 1. The van der Waals surface area contributed by atoms with E-state index in [0.717, 1.165) is 18.4 Å². The maximum atomic E-state index is 14.5. The fourth-order valence-corrected chi connectivity index (χ4v) is 6.96. The summed E-state index contributed by atoms with van der Waals surface area (Å²) in [5.74, 6) is -2.83. The maximum absolute atomic E-state index is 14.5. The number of hydrogen-bond acceptors (Lipinski definition) is 6. The molecular formula is C30H39ClN2O6. The number of ether oxygens (including phenoxy) is 2. The van der Waals surface area contributed by atoms with E-state index in [0.29, 0.717) is 36.4 Å². The Hall–Kier alpha value is -2.68. The third-order valence-electron chi connectivity index (χ3n) is 8.40. The van der Waals surface area contributed by atoms with E-state index in [1.165, 1.54) is 4.90 Å². The van der Waals surface area contributed by atoms with Crippen molar-refractivity contribution in [2.75, 3.05) is 24.7 Å². The Bertz CT molecular complexity index is 1100. The minimum Gasteiger partial charge on any atom is -0.465 e. The average Bonchev–Trinajstić information content (AvgIpc) is 3.56. The molecule has 2 unspecified atom stereocenters. The number of aliphatic hydroxyl groups is 1. The van der Waals surface area contributed by atoms with Gasteiger partial charge in [-0.25, -0.2) is 0 Å². The molecule has 3 saturated heterocycles. The number of fused-ring (bicyclic) bond motifs is 1. The molecule has 3 aliphatic heterocycles. The highest BCUT2D eigenvalue weighted by atomic mass is 35.5. The molecule has 2 bridgehead atoms. The highest BCUT2D eigenvalue weighted by Gasteiger charge is 2.75. The minimum absolute atomic E-state index is 0.165. The van der Waals surface area contributed by atoms with Crippen LogP contribution >= 0.6 is 11.6 Å². The summed E-state index contributed by atoms with van der Waals surface area (Å²) in [4.78, 5) is 45.0. The molecule has 0 radical (unpaired) electrons. The SMILES string of the molecule is C=CCCCCOC(=O)[C@@H]1[C@H]2C(=O)N([C@@H](CC)CO)C(C(=O)N(CC=C)c3c(C)cccc3Cl)C23CC[C@H]1O3. The van der Waals surface area contributed by atoms with Gasteiger partial charge in [-0.15, -0.1) is 13.2 Å². The van der Waals surface area contributed by atoms with Crippen molar-refractivity contribution in [1.82, 2.24) is 4.90 Å². The number of likely N-dealkylation sites (tertiary alicyclic amines) is 1. The Kier molecular flexibility index (Phi) is 9.19. The van der Waals surface area contributed by atoms with Crippen LogP contribution in [0.4, 0.5) is 5.69 Å². The van der Waals surface area contributed by atoms with Crippen molar-refractivity contribution >= 4 is 35.1 Å². The number of nitrogens with zero attached hydrogens (tertiary/aromatic N) is 2. The van der Waals surface area contributed by atoms with Crippen molar-refractivity contribution in [3.05, 3.63) is 54.1 Å². The molecule has 1 aromatic carbocycles. The summed E-state index contributed by atoms with van der Waals surface area (Å²) in [6.45, 7) is 11.4. The van der Waals surface area contributed by atoms with Gasteiger partial charge in [-0.05, 0) is 57.1 Å². The lowest BCUT2D eigenvalue weighted by Crippen LogP contribution is -2.59. The quantitative estimate of drug-likeness (QED) is 0.221. The number of carbonyl (C=O) groups is 3. The predicted molar refractivity (Wildman–Crippen MR) is 149 cm³/mol.